The van der Waals surface area contributed by atoms with E-state index in [1.165, 1.54) is 11.8 Å². The lowest BCUT2D eigenvalue weighted by atomic mass is 9.98. The maximum atomic E-state index is 11.4. The Kier molecular flexibility index (Phi) is 4.12. The number of para-hydroxylation sites is 1. The van der Waals surface area contributed by atoms with Gasteiger partial charge in [0, 0.05) is 5.69 Å². The smallest absolute Gasteiger partial charge is 0.250 e. The van der Waals surface area contributed by atoms with E-state index in [4.69, 9.17) is 11.5 Å². The number of aryl methyl sites for hydroxylation is 1. The number of nitrogens with zero attached hydrogens (tertiary/aromatic N) is 1. The van der Waals surface area contributed by atoms with Gasteiger partial charge in [0.2, 0.25) is 0 Å². The molecule has 0 aliphatic carbocycles. The zero-order valence-electron chi connectivity index (χ0n) is 12.5. The summed E-state index contributed by atoms with van der Waals surface area (Å²) in [6.07, 6.45) is 1.44. The Morgan fingerprint density at radius 2 is 2.05 bits per heavy atom. The molecule has 0 radical (unpaired) electrons. The van der Waals surface area contributed by atoms with Crippen LogP contribution in [-0.4, -0.2) is 10.9 Å². The molecule has 5 nitrogen and oxygen atoms in total. The Bertz CT molecular complexity index is 680. The Morgan fingerprint density at radius 3 is 2.67 bits per heavy atom. The Hall–Kier alpha value is -2.56. The van der Waals surface area contributed by atoms with Crippen LogP contribution in [0.1, 0.15) is 41.3 Å². The number of nitrogen functional groups attached to an aromatic ring is 1. The molecule has 110 valence electrons. The van der Waals surface area contributed by atoms with Gasteiger partial charge in [-0.1, -0.05) is 32.0 Å². The number of aromatic nitrogens is 1. The molecule has 0 aliphatic heterocycles. The normalized spacial score (nSPS) is 10.7. The first-order valence-electron chi connectivity index (χ1n) is 6.82. The molecule has 2 aromatic rings. The molecule has 5 N–H and O–H groups in total. The lowest BCUT2D eigenvalue weighted by molar-refractivity contribution is 0.100. The second kappa shape index (κ2) is 5.83. The van der Waals surface area contributed by atoms with E-state index in [9.17, 15) is 4.79 Å². The quantitative estimate of drug-likeness (QED) is 0.804. The molecular weight excluding hydrogens is 264 g/mol. The van der Waals surface area contributed by atoms with Crippen molar-refractivity contribution in [1.82, 2.24) is 4.98 Å². The number of hydrogen-bond donors (Lipinski definition) is 3. The average molecular weight is 284 g/mol. The number of benzene rings is 1. The van der Waals surface area contributed by atoms with E-state index in [-0.39, 0.29) is 11.3 Å². The fraction of sp³-hybridized carbons (Fsp3) is 0.250. The lowest BCUT2D eigenvalue weighted by Gasteiger charge is -2.17. The van der Waals surface area contributed by atoms with Crippen LogP contribution in [0.2, 0.25) is 0 Å². The zero-order chi connectivity index (χ0) is 15.6. The second-order valence-electron chi connectivity index (χ2n) is 5.34. The molecule has 0 saturated carbocycles. The van der Waals surface area contributed by atoms with Gasteiger partial charge in [-0.15, -0.1) is 0 Å². The van der Waals surface area contributed by atoms with Crippen LogP contribution in [0.15, 0.2) is 30.5 Å². The molecule has 0 saturated heterocycles. The van der Waals surface area contributed by atoms with Gasteiger partial charge in [-0.25, -0.2) is 4.98 Å². The minimum Gasteiger partial charge on any atom is -0.397 e. The monoisotopic (exact) mass is 284 g/mol. The number of primary amides is 1. The largest absolute Gasteiger partial charge is 0.397 e. The molecular formula is C16H20N4O. The number of amides is 1. The van der Waals surface area contributed by atoms with Crippen LogP contribution in [0.3, 0.4) is 0 Å². The van der Waals surface area contributed by atoms with Gasteiger partial charge in [-0.05, 0) is 30.0 Å². The number of carbonyl (C=O) groups excluding carboxylic acids is 1. The van der Waals surface area contributed by atoms with Crippen LogP contribution in [0.4, 0.5) is 17.2 Å². The Morgan fingerprint density at radius 1 is 1.33 bits per heavy atom. The molecule has 21 heavy (non-hydrogen) atoms. The van der Waals surface area contributed by atoms with Crippen molar-refractivity contribution in [2.75, 3.05) is 11.1 Å². The van der Waals surface area contributed by atoms with Gasteiger partial charge in [-0.3, -0.25) is 4.79 Å². The van der Waals surface area contributed by atoms with E-state index in [1.807, 2.05) is 19.1 Å². The molecule has 2 rings (SSSR count). The number of nitrogens with two attached hydrogens (primary N) is 2. The highest BCUT2D eigenvalue weighted by Gasteiger charge is 2.12. The second-order valence-corrected chi connectivity index (χ2v) is 5.34. The van der Waals surface area contributed by atoms with Crippen molar-refractivity contribution >= 4 is 23.1 Å². The fourth-order valence-electron chi connectivity index (χ4n) is 2.22. The van der Waals surface area contributed by atoms with E-state index in [0.717, 1.165) is 11.3 Å². The van der Waals surface area contributed by atoms with Crippen LogP contribution in [0.5, 0.6) is 0 Å². The van der Waals surface area contributed by atoms with Gasteiger partial charge in [0.25, 0.3) is 5.91 Å². The highest BCUT2D eigenvalue weighted by molar-refractivity contribution is 5.98. The van der Waals surface area contributed by atoms with Crippen molar-refractivity contribution < 1.29 is 4.79 Å². The van der Waals surface area contributed by atoms with Crippen molar-refractivity contribution in [2.45, 2.75) is 26.7 Å². The molecule has 5 heteroatoms. The highest BCUT2D eigenvalue weighted by Crippen LogP contribution is 2.30. The number of carbonyl (C=O) groups is 1. The van der Waals surface area contributed by atoms with E-state index in [1.54, 1.807) is 6.07 Å². The molecule has 0 spiro atoms. The summed E-state index contributed by atoms with van der Waals surface area (Å²) in [6.45, 7) is 6.29. The summed E-state index contributed by atoms with van der Waals surface area (Å²) in [6, 6.07) is 7.71. The van der Waals surface area contributed by atoms with Crippen molar-refractivity contribution in [3.05, 3.63) is 47.2 Å². The van der Waals surface area contributed by atoms with Crippen molar-refractivity contribution in [1.29, 1.82) is 0 Å². The lowest BCUT2D eigenvalue weighted by Crippen LogP contribution is -2.14. The maximum Gasteiger partial charge on any atom is 0.250 e. The van der Waals surface area contributed by atoms with Crippen LogP contribution in [0, 0.1) is 6.92 Å². The predicted molar refractivity (Wildman–Crippen MR) is 85.7 cm³/mol. The van der Waals surface area contributed by atoms with Crippen LogP contribution < -0.4 is 16.8 Å². The van der Waals surface area contributed by atoms with Gasteiger partial charge in [0.05, 0.1) is 17.4 Å². The van der Waals surface area contributed by atoms with Crippen molar-refractivity contribution in [2.24, 2.45) is 5.73 Å². The minimum atomic E-state index is -0.563. The third-order valence-electron chi connectivity index (χ3n) is 3.38. The maximum absolute atomic E-state index is 11.4. The summed E-state index contributed by atoms with van der Waals surface area (Å²) in [5, 5.41) is 3.27. The molecule has 0 unspecified atom stereocenters. The molecule has 0 fully saturated rings. The summed E-state index contributed by atoms with van der Waals surface area (Å²) >= 11 is 0. The average Bonchev–Trinajstić information content (AvgIpc) is 2.42. The summed E-state index contributed by atoms with van der Waals surface area (Å²) in [4.78, 5) is 15.6. The third-order valence-corrected chi connectivity index (χ3v) is 3.38. The standard InChI is InChI=1S/C16H20N4O/c1-9(2)11-6-4-5-10(3)15(11)20-14-7-12(16(18)21)13(17)8-19-14/h4-9H,17H2,1-3H3,(H2,18,21)(H,19,20). The Balaban J connectivity index is 2.43. The first-order valence-corrected chi connectivity index (χ1v) is 6.82. The van der Waals surface area contributed by atoms with Gasteiger partial charge < -0.3 is 16.8 Å². The first-order chi connectivity index (χ1) is 9.90. The van der Waals surface area contributed by atoms with Gasteiger partial charge >= 0.3 is 0 Å². The molecule has 0 aliphatic rings. The third kappa shape index (κ3) is 3.13. The van der Waals surface area contributed by atoms with Crippen LogP contribution in [0.25, 0.3) is 0 Å². The van der Waals surface area contributed by atoms with E-state index in [0.29, 0.717) is 11.7 Å². The number of rotatable bonds is 4. The molecule has 0 atom stereocenters. The molecule has 1 heterocycles. The summed E-state index contributed by atoms with van der Waals surface area (Å²) in [5.41, 5.74) is 14.9. The van der Waals surface area contributed by atoms with Gasteiger partial charge in [-0.2, -0.15) is 0 Å². The van der Waals surface area contributed by atoms with Crippen molar-refractivity contribution in [3.8, 4) is 0 Å². The van der Waals surface area contributed by atoms with Crippen LogP contribution >= 0.6 is 0 Å². The van der Waals surface area contributed by atoms with Gasteiger partial charge in [0.15, 0.2) is 0 Å². The molecule has 0 bridgehead atoms. The summed E-state index contributed by atoms with van der Waals surface area (Å²) < 4.78 is 0. The van der Waals surface area contributed by atoms with Crippen molar-refractivity contribution in [3.63, 3.8) is 0 Å². The van der Waals surface area contributed by atoms with E-state index in [2.05, 4.69) is 30.2 Å². The molecule has 1 aromatic carbocycles. The van der Waals surface area contributed by atoms with E-state index < -0.39 is 5.91 Å². The molecule has 1 amide bonds. The highest BCUT2D eigenvalue weighted by atomic mass is 16.1. The molecule has 1 aromatic heterocycles. The first kappa shape index (κ1) is 14.8. The predicted octanol–water partition coefficient (Wildman–Crippen LogP) is 2.94. The number of hydrogen-bond acceptors (Lipinski definition) is 4. The summed E-state index contributed by atoms with van der Waals surface area (Å²) in [5.74, 6) is 0.359. The number of anilines is 3. The van der Waals surface area contributed by atoms with Gasteiger partial charge in [0.1, 0.15) is 5.82 Å². The fourth-order valence-corrected chi connectivity index (χ4v) is 2.22. The van der Waals surface area contributed by atoms with E-state index >= 15 is 0 Å². The summed E-state index contributed by atoms with van der Waals surface area (Å²) in [7, 11) is 0. The number of nitrogens with one attached hydrogen (secondary N) is 1. The topological polar surface area (TPSA) is 94.0 Å². The minimum absolute atomic E-state index is 0.271. The zero-order valence-corrected chi connectivity index (χ0v) is 12.5. The Labute approximate surface area is 124 Å². The SMILES string of the molecule is Cc1cccc(C(C)C)c1Nc1cc(C(N)=O)c(N)cn1. The number of pyridine rings is 1. The van der Waals surface area contributed by atoms with Crippen LogP contribution in [-0.2, 0) is 0 Å².